The molecule has 0 aromatic carbocycles. The van der Waals surface area contributed by atoms with Crippen molar-refractivity contribution in [3.05, 3.63) is 18.1 Å². The Hall–Kier alpha value is -1.69. The van der Waals surface area contributed by atoms with Crippen LogP contribution in [0.3, 0.4) is 0 Å². The van der Waals surface area contributed by atoms with Crippen LogP contribution in [0.25, 0.3) is 0 Å². The van der Waals surface area contributed by atoms with Gasteiger partial charge in [0.2, 0.25) is 0 Å². The summed E-state index contributed by atoms with van der Waals surface area (Å²) in [6.07, 6.45) is 4.20. The molecule has 1 atom stereocenters. The Kier molecular flexibility index (Phi) is 4.68. The summed E-state index contributed by atoms with van der Waals surface area (Å²) in [5.74, 6) is 0.929. The van der Waals surface area contributed by atoms with Crippen molar-refractivity contribution in [3.8, 4) is 0 Å². The molecule has 19 heavy (non-hydrogen) atoms. The van der Waals surface area contributed by atoms with Crippen LogP contribution >= 0.6 is 0 Å². The highest BCUT2D eigenvalue weighted by molar-refractivity contribution is 5.88. The van der Waals surface area contributed by atoms with Crippen molar-refractivity contribution in [3.63, 3.8) is 0 Å². The Morgan fingerprint density at radius 1 is 1.53 bits per heavy atom. The number of nitrogens with zero attached hydrogens (tertiary/aromatic N) is 3. The van der Waals surface area contributed by atoms with Crippen LogP contribution in [0.2, 0.25) is 0 Å². The first-order chi connectivity index (χ1) is 9.19. The molecule has 1 aromatic heterocycles. The van der Waals surface area contributed by atoms with E-state index in [0.717, 1.165) is 38.4 Å². The monoisotopic (exact) mass is 264 g/mol. The first-order valence-corrected chi connectivity index (χ1v) is 6.61. The van der Waals surface area contributed by atoms with Gasteiger partial charge in [-0.3, -0.25) is 10.3 Å². The average molecular weight is 264 g/mol. The SMILES string of the molecule is CCOC[C@H]1CCN(C(=O)Nc2cnc(C)cn2)C1. The zero-order valence-electron chi connectivity index (χ0n) is 11.4. The molecule has 1 saturated heterocycles. The van der Waals surface area contributed by atoms with E-state index in [1.54, 1.807) is 17.3 Å². The van der Waals surface area contributed by atoms with Gasteiger partial charge in [-0.2, -0.15) is 0 Å². The molecule has 0 bridgehead atoms. The molecule has 0 aliphatic carbocycles. The van der Waals surface area contributed by atoms with Crippen LogP contribution in [0.15, 0.2) is 12.4 Å². The van der Waals surface area contributed by atoms with Gasteiger partial charge in [-0.15, -0.1) is 0 Å². The zero-order chi connectivity index (χ0) is 13.7. The summed E-state index contributed by atoms with van der Waals surface area (Å²) in [5.41, 5.74) is 0.830. The van der Waals surface area contributed by atoms with Crippen molar-refractivity contribution in [2.75, 3.05) is 31.6 Å². The quantitative estimate of drug-likeness (QED) is 0.898. The fourth-order valence-electron chi connectivity index (χ4n) is 2.08. The minimum Gasteiger partial charge on any atom is -0.381 e. The fourth-order valence-corrected chi connectivity index (χ4v) is 2.08. The van der Waals surface area contributed by atoms with E-state index in [-0.39, 0.29) is 6.03 Å². The second-order valence-electron chi connectivity index (χ2n) is 4.73. The highest BCUT2D eigenvalue weighted by Crippen LogP contribution is 2.17. The number of hydrogen-bond acceptors (Lipinski definition) is 4. The van der Waals surface area contributed by atoms with Crippen molar-refractivity contribution in [1.29, 1.82) is 0 Å². The molecule has 104 valence electrons. The minimum atomic E-state index is -0.114. The van der Waals surface area contributed by atoms with Gasteiger partial charge in [0.1, 0.15) is 0 Å². The van der Waals surface area contributed by atoms with Crippen LogP contribution in [0.4, 0.5) is 10.6 Å². The summed E-state index contributed by atoms with van der Waals surface area (Å²) >= 11 is 0. The van der Waals surface area contributed by atoms with Crippen LogP contribution in [0.5, 0.6) is 0 Å². The first kappa shape index (κ1) is 13.7. The Bertz CT molecular complexity index is 421. The number of amides is 2. The van der Waals surface area contributed by atoms with E-state index in [1.807, 2.05) is 13.8 Å². The molecule has 1 aromatic rings. The van der Waals surface area contributed by atoms with Gasteiger partial charge in [0.25, 0.3) is 0 Å². The molecule has 0 saturated carbocycles. The van der Waals surface area contributed by atoms with E-state index in [1.165, 1.54) is 0 Å². The lowest BCUT2D eigenvalue weighted by molar-refractivity contribution is 0.113. The smallest absolute Gasteiger partial charge is 0.323 e. The number of carbonyl (C=O) groups is 1. The second-order valence-corrected chi connectivity index (χ2v) is 4.73. The number of carbonyl (C=O) groups excluding carboxylic acids is 1. The van der Waals surface area contributed by atoms with E-state index in [0.29, 0.717) is 11.7 Å². The van der Waals surface area contributed by atoms with E-state index < -0.39 is 0 Å². The summed E-state index contributed by atoms with van der Waals surface area (Å²) in [7, 11) is 0. The van der Waals surface area contributed by atoms with Crippen LogP contribution < -0.4 is 5.32 Å². The van der Waals surface area contributed by atoms with Crippen molar-refractivity contribution in [2.45, 2.75) is 20.3 Å². The van der Waals surface area contributed by atoms with E-state index in [4.69, 9.17) is 4.74 Å². The van der Waals surface area contributed by atoms with Crippen LogP contribution in [0.1, 0.15) is 19.0 Å². The van der Waals surface area contributed by atoms with E-state index in [2.05, 4.69) is 15.3 Å². The number of aryl methyl sites for hydroxylation is 1. The summed E-state index contributed by atoms with van der Waals surface area (Å²) in [6, 6.07) is -0.114. The molecule has 6 heteroatoms. The Morgan fingerprint density at radius 2 is 2.37 bits per heavy atom. The summed E-state index contributed by atoms with van der Waals surface area (Å²) in [5, 5.41) is 2.76. The number of rotatable bonds is 4. The molecule has 1 N–H and O–H groups in total. The lowest BCUT2D eigenvalue weighted by Crippen LogP contribution is -2.33. The number of likely N-dealkylation sites (tertiary alicyclic amines) is 1. The zero-order valence-corrected chi connectivity index (χ0v) is 11.4. The maximum Gasteiger partial charge on any atom is 0.323 e. The predicted octanol–water partition coefficient (Wildman–Crippen LogP) is 1.68. The van der Waals surface area contributed by atoms with Crippen molar-refractivity contribution in [1.82, 2.24) is 14.9 Å². The third-order valence-electron chi connectivity index (χ3n) is 3.15. The molecule has 2 heterocycles. The Labute approximate surface area is 113 Å². The topological polar surface area (TPSA) is 67.3 Å². The third-order valence-corrected chi connectivity index (χ3v) is 3.15. The van der Waals surface area contributed by atoms with Crippen molar-refractivity contribution >= 4 is 11.8 Å². The van der Waals surface area contributed by atoms with Crippen LogP contribution in [-0.4, -0.2) is 47.2 Å². The number of hydrogen-bond donors (Lipinski definition) is 1. The molecule has 1 fully saturated rings. The predicted molar refractivity (Wildman–Crippen MR) is 72.0 cm³/mol. The maximum atomic E-state index is 12.0. The third kappa shape index (κ3) is 3.89. The number of nitrogens with one attached hydrogen (secondary N) is 1. The van der Waals surface area contributed by atoms with Crippen LogP contribution in [0, 0.1) is 12.8 Å². The molecule has 1 aliphatic heterocycles. The van der Waals surface area contributed by atoms with Gasteiger partial charge in [-0.25, -0.2) is 9.78 Å². The van der Waals surface area contributed by atoms with Gasteiger partial charge >= 0.3 is 6.03 Å². The van der Waals surface area contributed by atoms with Gasteiger partial charge in [0, 0.05) is 25.6 Å². The Morgan fingerprint density at radius 3 is 3.05 bits per heavy atom. The molecule has 2 rings (SSSR count). The summed E-state index contributed by atoms with van der Waals surface area (Å²) in [6.45, 7) is 6.80. The normalized spacial score (nSPS) is 18.6. The number of aromatic nitrogens is 2. The van der Waals surface area contributed by atoms with E-state index in [9.17, 15) is 4.79 Å². The molecule has 0 spiro atoms. The summed E-state index contributed by atoms with van der Waals surface area (Å²) < 4.78 is 5.40. The molecule has 0 radical (unpaired) electrons. The molecular weight excluding hydrogens is 244 g/mol. The number of ether oxygens (including phenoxy) is 1. The number of urea groups is 1. The maximum absolute atomic E-state index is 12.0. The van der Waals surface area contributed by atoms with Gasteiger partial charge < -0.3 is 9.64 Å². The molecule has 6 nitrogen and oxygen atoms in total. The molecule has 1 aliphatic rings. The van der Waals surface area contributed by atoms with Crippen molar-refractivity contribution in [2.24, 2.45) is 5.92 Å². The highest BCUT2D eigenvalue weighted by atomic mass is 16.5. The largest absolute Gasteiger partial charge is 0.381 e. The standard InChI is InChI=1S/C13H20N4O2/c1-3-19-9-11-4-5-17(8-11)13(18)16-12-7-14-10(2)6-15-12/h6-7,11H,3-5,8-9H2,1-2H3,(H,15,16,18)/t11-/m0/s1. The van der Waals surface area contributed by atoms with Gasteiger partial charge in [-0.1, -0.05) is 0 Å². The second kappa shape index (κ2) is 6.47. The fraction of sp³-hybridized carbons (Fsp3) is 0.615. The number of anilines is 1. The lowest BCUT2D eigenvalue weighted by atomic mass is 10.1. The molecule has 0 unspecified atom stereocenters. The van der Waals surface area contributed by atoms with Gasteiger partial charge in [0.15, 0.2) is 5.82 Å². The Balaban J connectivity index is 1.82. The summed E-state index contributed by atoms with van der Waals surface area (Å²) in [4.78, 5) is 22.0. The molecule has 2 amide bonds. The first-order valence-electron chi connectivity index (χ1n) is 6.61. The van der Waals surface area contributed by atoms with Crippen molar-refractivity contribution < 1.29 is 9.53 Å². The van der Waals surface area contributed by atoms with Crippen LogP contribution in [-0.2, 0) is 4.74 Å². The van der Waals surface area contributed by atoms with Gasteiger partial charge in [-0.05, 0) is 20.3 Å². The molecular formula is C13H20N4O2. The van der Waals surface area contributed by atoms with E-state index >= 15 is 0 Å². The van der Waals surface area contributed by atoms with Gasteiger partial charge in [0.05, 0.1) is 24.7 Å². The minimum absolute atomic E-state index is 0.114. The average Bonchev–Trinajstić information content (AvgIpc) is 2.88. The highest BCUT2D eigenvalue weighted by Gasteiger charge is 2.26. The lowest BCUT2D eigenvalue weighted by Gasteiger charge is -2.16.